The molecule has 8 N–H and O–H groups in total. The monoisotopic (exact) mass is 517 g/mol. The maximum absolute atomic E-state index is 12.9. The van der Waals surface area contributed by atoms with Crippen LogP contribution in [0.2, 0.25) is 0 Å². The van der Waals surface area contributed by atoms with Crippen molar-refractivity contribution in [1.82, 2.24) is 10.6 Å². The lowest BCUT2D eigenvalue weighted by atomic mass is 9.88. The molecule has 0 bridgehead atoms. The number of nitrogens with two attached hydrogens (primary N) is 1. The number of carbonyl (C=O) groups is 2. The summed E-state index contributed by atoms with van der Waals surface area (Å²) in [5.41, 5.74) is 8.68. The molecule has 0 saturated heterocycles. The van der Waals surface area contributed by atoms with Gasteiger partial charge in [-0.15, -0.1) is 0 Å². The van der Waals surface area contributed by atoms with Gasteiger partial charge in [-0.2, -0.15) is 0 Å². The van der Waals surface area contributed by atoms with E-state index in [4.69, 9.17) is 11.1 Å². The number of rotatable bonds is 13. The van der Waals surface area contributed by atoms with Gasteiger partial charge in [0.15, 0.2) is 0 Å². The van der Waals surface area contributed by atoms with E-state index in [1.807, 2.05) is 36.4 Å². The highest BCUT2D eigenvalue weighted by Gasteiger charge is 2.29. The Morgan fingerprint density at radius 1 is 0.921 bits per heavy atom. The number of amides is 2. The molecule has 200 valence electrons. The molecule has 0 heterocycles. The van der Waals surface area contributed by atoms with Crippen LogP contribution in [-0.4, -0.2) is 59.2 Å². The Hall–Kier alpha value is -4.21. The van der Waals surface area contributed by atoms with Crippen LogP contribution in [0.4, 0.5) is 5.69 Å². The van der Waals surface area contributed by atoms with E-state index in [0.29, 0.717) is 24.2 Å². The average Bonchev–Trinajstić information content (AvgIpc) is 2.94. The number of hydrogen-bond donors (Lipinski definition) is 7. The molecular weight excluding hydrogens is 482 g/mol. The third-order valence-electron chi connectivity index (χ3n) is 6.24. The van der Waals surface area contributed by atoms with Gasteiger partial charge in [-0.25, -0.2) is 0 Å². The van der Waals surface area contributed by atoms with Crippen LogP contribution in [0.15, 0.2) is 84.9 Å². The van der Waals surface area contributed by atoms with Crippen molar-refractivity contribution in [3.63, 3.8) is 0 Å². The molecular formula is C29H35N5O4. The van der Waals surface area contributed by atoms with Gasteiger partial charge >= 0.3 is 0 Å². The summed E-state index contributed by atoms with van der Waals surface area (Å²) in [4.78, 5) is 25.7. The van der Waals surface area contributed by atoms with Crippen LogP contribution in [0.3, 0.4) is 0 Å². The van der Waals surface area contributed by atoms with Crippen molar-refractivity contribution < 1.29 is 19.8 Å². The molecule has 0 fully saturated rings. The van der Waals surface area contributed by atoms with Crippen LogP contribution < -0.4 is 21.7 Å². The average molecular weight is 518 g/mol. The van der Waals surface area contributed by atoms with Crippen molar-refractivity contribution in [1.29, 1.82) is 5.41 Å². The standard InChI is InChI=1S/C29H35N5O4/c1-19(33-29(38)26(25(36)18-35)34-23-14-8-13-22(17-23)27(30)31)28(37)32-16-15-24(20-9-4-2-5-10-20)21-11-6-3-7-12-21/h2-14,17,19,24-26,34-36H,15-16,18H2,1H3,(H3,30,31)(H,32,37)(H,33,38). The van der Waals surface area contributed by atoms with Gasteiger partial charge in [0.2, 0.25) is 11.8 Å². The Labute approximate surface area is 222 Å². The number of nitrogens with one attached hydrogen (secondary N) is 4. The van der Waals surface area contributed by atoms with Gasteiger partial charge in [0.05, 0.1) is 6.61 Å². The minimum Gasteiger partial charge on any atom is -0.394 e. The Morgan fingerprint density at radius 3 is 2.08 bits per heavy atom. The summed E-state index contributed by atoms with van der Waals surface area (Å²) in [5.74, 6) is -1.08. The number of benzene rings is 3. The zero-order chi connectivity index (χ0) is 27.5. The summed E-state index contributed by atoms with van der Waals surface area (Å²) in [7, 11) is 0. The zero-order valence-corrected chi connectivity index (χ0v) is 21.3. The highest BCUT2D eigenvalue weighted by Crippen LogP contribution is 2.27. The van der Waals surface area contributed by atoms with Crippen LogP contribution >= 0.6 is 0 Å². The van der Waals surface area contributed by atoms with Crippen LogP contribution in [0.5, 0.6) is 0 Å². The van der Waals surface area contributed by atoms with Crippen molar-refractivity contribution in [2.75, 3.05) is 18.5 Å². The van der Waals surface area contributed by atoms with E-state index in [9.17, 15) is 19.8 Å². The molecule has 3 rings (SSSR count). The molecule has 0 radical (unpaired) electrons. The topological polar surface area (TPSA) is 161 Å². The molecule has 2 amide bonds. The van der Waals surface area contributed by atoms with E-state index in [1.165, 1.54) is 0 Å². The number of amidine groups is 1. The normalized spacial score (nSPS) is 13.3. The summed E-state index contributed by atoms with van der Waals surface area (Å²) in [5, 5.41) is 35.7. The molecule has 3 unspecified atom stereocenters. The van der Waals surface area contributed by atoms with Crippen LogP contribution in [0.25, 0.3) is 0 Å². The number of nitrogen functional groups attached to an aromatic ring is 1. The second-order valence-electron chi connectivity index (χ2n) is 9.05. The molecule has 38 heavy (non-hydrogen) atoms. The summed E-state index contributed by atoms with van der Waals surface area (Å²) < 4.78 is 0. The first-order chi connectivity index (χ1) is 18.3. The number of hydrogen-bond acceptors (Lipinski definition) is 6. The van der Waals surface area contributed by atoms with Crippen LogP contribution in [0, 0.1) is 5.41 Å². The molecule has 3 aromatic carbocycles. The fourth-order valence-electron chi connectivity index (χ4n) is 4.16. The number of anilines is 1. The van der Waals surface area contributed by atoms with Crippen molar-refractivity contribution in [3.8, 4) is 0 Å². The lowest BCUT2D eigenvalue weighted by Crippen LogP contribution is -2.54. The summed E-state index contributed by atoms with van der Waals surface area (Å²) in [6.45, 7) is 1.28. The minimum absolute atomic E-state index is 0.0987. The predicted octanol–water partition coefficient (Wildman–Crippen LogP) is 1.95. The number of aliphatic hydroxyl groups excluding tert-OH is 2. The van der Waals surface area contributed by atoms with Gasteiger partial charge < -0.3 is 31.9 Å². The summed E-state index contributed by atoms with van der Waals surface area (Å²) in [6.07, 6.45) is -0.760. The van der Waals surface area contributed by atoms with Gasteiger partial charge in [-0.05, 0) is 36.6 Å². The SMILES string of the molecule is CC(NC(=O)C(Nc1cccc(C(=N)N)c1)C(O)CO)C(=O)NCCC(c1ccccc1)c1ccccc1. The van der Waals surface area contributed by atoms with Gasteiger partial charge in [-0.3, -0.25) is 15.0 Å². The fourth-order valence-corrected chi connectivity index (χ4v) is 4.16. The maximum Gasteiger partial charge on any atom is 0.245 e. The lowest BCUT2D eigenvalue weighted by molar-refractivity contribution is -0.130. The second kappa shape index (κ2) is 13.9. The zero-order valence-electron chi connectivity index (χ0n) is 21.3. The summed E-state index contributed by atoms with van der Waals surface area (Å²) >= 11 is 0. The number of aliphatic hydroxyl groups is 2. The molecule has 0 spiro atoms. The first kappa shape index (κ1) is 28.4. The van der Waals surface area contributed by atoms with E-state index in [0.717, 1.165) is 11.1 Å². The second-order valence-corrected chi connectivity index (χ2v) is 9.05. The van der Waals surface area contributed by atoms with Crippen LogP contribution in [0.1, 0.15) is 36.0 Å². The smallest absolute Gasteiger partial charge is 0.245 e. The Morgan fingerprint density at radius 2 is 1.53 bits per heavy atom. The predicted molar refractivity (Wildman–Crippen MR) is 148 cm³/mol. The third kappa shape index (κ3) is 7.89. The van der Waals surface area contributed by atoms with Crippen molar-refractivity contribution in [3.05, 3.63) is 102 Å². The molecule has 0 saturated carbocycles. The number of carbonyl (C=O) groups excluding carboxylic acids is 2. The highest BCUT2D eigenvalue weighted by molar-refractivity contribution is 5.96. The van der Waals surface area contributed by atoms with E-state index in [-0.39, 0.29) is 17.7 Å². The summed E-state index contributed by atoms with van der Waals surface area (Å²) in [6, 6.07) is 24.5. The fraction of sp³-hybridized carbons (Fsp3) is 0.276. The largest absolute Gasteiger partial charge is 0.394 e. The highest BCUT2D eigenvalue weighted by atomic mass is 16.3. The van der Waals surface area contributed by atoms with Gasteiger partial charge in [-0.1, -0.05) is 72.8 Å². The molecule has 0 aromatic heterocycles. The molecule has 0 aliphatic heterocycles. The quantitative estimate of drug-likeness (QED) is 0.135. The maximum atomic E-state index is 12.9. The molecule has 9 nitrogen and oxygen atoms in total. The van der Waals surface area contributed by atoms with Crippen molar-refractivity contribution >= 4 is 23.3 Å². The van der Waals surface area contributed by atoms with E-state index in [2.05, 4.69) is 40.2 Å². The van der Waals surface area contributed by atoms with Crippen molar-refractivity contribution in [2.45, 2.75) is 37.5 Å². The van der Waals surface area contributed by atoms with Gasteiger partial charge in [0.1, 0.15) is 24.0 Å². The Balaban J connectivity index is 1.60. The molecule has 0 aliphatic rings. The molecule has 3 atom stereocenters. The minimum atomic E-state index is -1.43. The van der Waals surface area contributed by atoms with Gasteiger partial charge in [0.25, 0.3) is 0 Å². The van der Waals surface area contributed by atoms with Crippen LogP contribution in [-0.2, 0) is 9.59 Å². The molecule has 0 aliphatic carbocycles. The lowest BCUT2D eigenvalue weighted by Gasteiger charge is -2.25. The Bertz CT molecular complexity index is 1170. The van der Waals surface area contributed by atoms with Crippen molar-refractivity contribution in [2.24, 2.45) is 5.73 Å². The Kier molecular flexibility index (Phi) is 10.4. The van der Waals surface area contributed by atoms with Gasteiger partial charge in [0, 0.05) is 23.7 Å². The third-order valence-corrected chi connectivity index (χ3v) is 6.24. The van der Waals surface area contributed by atoms with E-state index < -0.39 is 30.7 Å². The first-order valence-electron chi connectivity index (χ1n) is 12.5. The molecule has 3 aromatic rings. The van der Waals surface area contributed by atoms with E-state index in [1.54, 1.807) is 31.2 Å². The first-order valence-corrected chi connectivity index (χ1v) is 12.5. The molecule has 9 heteroatoms. The van der Waals surface area contributed by atoms with E-state index >= 15 is 0 Å².